The van der Waals surface area contributed by atoms with Crippen molar-refractivity contribution < 1.29 is 9.90 Å². The molecule has 7 heteroatoms. The molecule has 0 spiro atoms. The van der Waals surface area contributed by atoms with Crippen molar-refractivity contribution in [3.05, 3.63) is 42.1 Å². The van der Waals surface area contributed by atoms with E-state index in [-0.39, 0.29) is 11.9 Å². The number of pyridine rings is 1. The number of hydrogen-bond acceptors (Lipinski definition) is 5. The molecule has 1 amide bonds. The summed E-state index contributed by atoms with van der Waals surface area (Å²) in [6.45, 7) is 3.74. The molecule has 28 heavy (non-hydrogen) atoms. The van der Waals surface area contributed by atoms with Crippen LogP contribution in [0.2, 0.25) is 0 Å². The van der Waals surface area contributed by atoms with Gasteiger partial charge in [-0.25, -0.2) is 0 Å². The molecule has 1 aromatic carbocycles. The number of amides is 1. The van der Waals surface area contributed by atoms with E-state index in [1.807, 2.05) is 38.1 Å². The van der Waals surface area contributed by atoms with Gasteiger partial charge in [-0.3, -0.25) is 9.78 Å². The average molecular weight is 379 g/mol. The van der Waals surface area contributed by atoms with E-state index in [0.29, 0.717) is 17.0 Å². The Kier molecular flexibility index (Phi) is 4.85. The van der Waals surface area contributed by atoms with Gasteiger partial charge in [0.25, 0.3) is 5.91 Å². The first-order chi connectivity index (χ1) is 13.4. The molecule has 0 unspecified atom stereocenters. The van der Waals surface area contributed by atoms with E-state index < -0.39 is 5.60 Å². The quantitative estimate of drug-likeness (QED) is 0.646. The third-order valence-electron chi connectivity index (χ3n) is 5.72. The summed E-state index contributed by atoms with van der Waals surface area (Å²) < 4.78 is 0. The van der Waals surface area contributed by atoms with Gasteiger partial charge < -0.3 is 10.4 Å². The van der Waals surface area contributed by atoms with Gasteiger partial charge in [-0.15, -0.1) is 0 Å². The molecular weight excluding hydrogens is 354 g/mol. The van der Waals surface area contributed by atoms with Gasteiger partial charge in [0.1, 0.15) is 11.0 Å². The largest absolute Gasteiger partial charge is 0.390 e. The van der Waals surface area contributed by atoms with Gasteiger partial charge in [-0.05, 0) is 63.6 Å². The van der Waals surface area contributed by atoms with Crippen LogP contribution in [0.1, 0.15) is 49.9 Å². The fourth-order valence-corrected chi connectivity index (χ4v) is 3.98. The Morgan fingerprint density at radius 1 is 1.11 bits per heavy atom. The molecule has 0 bridgehead atoms. The highest BCUT2D eigenvalue weighted by atomic mass is 16.3. The molecule has 1 fully saturated rings. The molecule has 1 saturated carbocycles. The maximum absolute atomic E-state index is 12.6. The van der Waals surface area contributed by atoms with Gasteiger partial charge in [0.2, 0.25) is 0 Å². The zero-order valence-electron chi connectivity index (χ0n) is 16.1. The number of aliphatic hydroxyl groups is 1. The zero-order chi connectivity index (χ0) is 19.7. The van der Waals surface area contributed by atoms with Gasteiger partial charge in [0.15, 0.2) is 0 Å². The number of H-pyrrole nitrogens is 1. The third-order valence-corrected chi connectivity index (χ3v) is 5.72. The number of benzene rings is 1. The predicted octanol–water partition coefficient (Wildman–Crippen LogP) is 3.08. The lowest BCUT2D eigenvalue weighted by molar-refractivity contribution is -0.00257. The van der Waals surface area contributed by atoms with Gasteiger partial charge in [0, 0.05) is 23.4 Å². The first-order valence-electron chi connectivity index (χ1n) is 9.71. The molecule has 1 aliphatic carbocycles. The van der Waals surface area contributed by atoms with Crippen LogP contribution in [0.4, 0.5) is 0 Å². The SMILES string of the molecule is CC(C)(O)C1CCC(NC(=O)c2ccc(-c3nccc4n[nH]nc34)cc2)CC1. The number of carbonyl (C=O) groups excluding carboxylic acids is 1. The molecule has 146 valence electrons. The highest BCUT2D eigenvalue weighted by Crippen LogP contribution is 2.32. The fourth-order valence-electron chi connectivity index (χ4n) is 3.98. The zero-order valence-corrected chi connectivity index (χ0v) is 16.1. The van der Waals surface area contributed by atoms with Crippen LogP contribution in [-0.4, -0.2) is 43.1 Å². The van der Waals surface area contributed by atoms with E-state index in [1.165, 1.54) is 0 Å². The molecule has 4 rings (SSSR count). The summed E-state index contributed by atoms with van der Waals surface area (Å²) in [5.74, 6) is 0.234. The minimum Gasteiger partial charge on any atom is -0.390 e. The van der Waals surface area contributed by atoms with Crippen LogP contribution in [0.5, 0.6) is 0 Å². The molecule has 0 radical (unpaired) electrons. The normalized spacial score (nSPS) is 20.2. The van der Waals surface area contributed by atoms with Crippen molar-refractivity contribution >= 4 is 16.9 Å². The van der Waals surface area contributed by atoms with Crippen LogP contribution in [0.15, 0.2) is 36.5 Å². The summed E-state index contributed by atoms with van der Waals surface area (Å²) in [6.07, 6.45) is 5.36. The summed E-state index contributed by atoms with van der Waals surface area (Å²) in [6, 6.07) is 9.36. The van der Waals surface area contributed by atoms with Crippen molar-refractivity contribution in [2.24, 2.45) is 5.92 Å². The Labute approximate surface area is 163 Å². The molecule has 2 heterocycles. The standard InChI is InChI=1S/C21H25N5O2/c1-21(2,28)15-7-9-16(10-8-15)23-20(27)14-5-3-13(4-6-14)18-19-17(11-12-22-18)24-26-25-19/h3-6,11-12,15-16,28H,7-10H2,1-2H3,(H,23,27)(H,24,25,26). The van der Waals surface area contributed by atoms with Crippen molar-refractivity contribution in [3.8, 4) is 11.3 Å². The number of aromatic nitrogens is 4. The second kappa shape index (κ2) is 7.31. The van der Waals surface area contributed by atoms with Crippen LogP contribution < -0.4 is 5.32 Å². The number of nitrogens with one attached hydrogen (secondary N) is 2. The third kappa shape index (κ3) is 3.75. The summed E-state index contributed by atoms with van der Waals surface area (Å²) in [5, 5.41) is 24.1. The van der Waals surface area contributed by atoms with E-state index >= 15 is 0 Å². The Morgan fingerprint density at radius 2 is 1.82 bits per heavy atom. The van der Waals surface area contributed by atoms with E-state index in [1.54, 1.807) is 12.3 Å². The maximum Gasteiger partial charge on any atom is 0.251 e. The summed E-state index contributed by atoms with van der Waals surface area (Å²) in [5.41, 5.74) is 3.08. The Hall–Kier alpha value is -2.80. The first-order valence-corrected chi connectivity index (χ1v) is 9.71. The number of fused-ring (bicyclic) bond motifs is 1. The Bertz CT molecular complexity index is 966. The highest BCUT2D eigenvalue weighted by Gasteiger charge is 2.31. The molecule has 3 aromatic rings. The second-order valence-corrected chi connectivity index (χ2v) is 8.10. The van der Waals surface area contributed by atoms with E-state index in [2.05, 4.69) is 25.7 Å². The lowest BCUT2D eigenvalue weighted by Gasteiger charge is -2.36. The Morgan fingerprint density at radius 3 is 2.50 bits per heavy atom. The smallest absolute Gasteiger partial charge is 0.251 e. The summed E-state index contributed by atoms with van der Waals surface area (Å²) in [7, 11) is 0. The lowest BCUT2D eigenvalue weighted by Crippen LogP contribution is -2.41. The van der Waals surface area contributed by atoms with Crippen molar-refractivity contribution in [2.45, 2.75) is 51.2 Å². The monoisotopic (exact) mass is 379 g/mol. The van der Waals surface area contributed by atoms with Gasteiger partial charge in [-0.2, -0.15) is 15.4 Å². The number of hydrogen-bond donors (Lipinski definition) is 3. The molecule has 0 atom stereocenters. The molecule has 2 aromatic heterocycles. The van der Waals surface area contributed by atoms with Gasteiger partial charge in [0.05, 0.1) is 11.3 Å². The molecule has 1 aliphatic rings. The molecular formula is C21H25N5O2. The van der Waals surface area contributed by atoms with Crippen molar-refractivity contribution in [1.82, 2.24) is 25.7 Å². The van der Waals surface area contributed by atoms with Crippen LogP contribution in [0, 0.1) is 5.92 Å². The van der Waals surface area contributed by atoms with E-state index in [0.717, 1.165) is 42.5 Å². The van der Waals surface area contributed by atoms with Crippen LogP contribution >= 0.6 is 0 Å². The molecule has 0 aliphatic heterocycles. The van der Waals surface area contributed by atoms with E-state index in [9.17, 15) is 9.90 Å². The summed E-state index contributed by atoms with van der Waals surface area (Å²) in [4.78, 5) is 17.0. The number of aromatic amines is 1. The van der Waals surface area contributed by atoms with Crippen molar-refractivity contribution in [2.75, 3.05) is 0 Å². The number of carbonyl (C=O) groups is 1. The number of rotatable bonds is 4. The first kappa shape index (κ1) is 18.6. The lowest BCUT2D eigenvalue weighted by atomic mass is 9.77. The van der Waals surface area contributed by atoms with Gasteiger partial charge in [-0.1, -0.05) is 12.1 Å². The molecule has 7 nitrogen and oxygen atoms in total. The van der Waals surface area contributed by atoms with Crippen molar-refractivity contribution in [1.29, 1.82) is 0 Å². The summed E-state index contributed by atoms with van der Waals surface area (Å²) >= 11 is 0. The van der Waals surface area contributed by atoms with Gasteiger partial charge >= 0.3 is 0 Å². The topological polar surface area (TPSA) is 104 Å². The highest BCUT2D eigenvalue weighted by molar-refractivity contribution is 5.95. The van der Waals surface area contributed by atoms with E-state index in [4.69, 9.17) is 0 Å². The van der Waals surface area contributed by atoms with Crippen LogP contribution in [0.25, 0.3) is 22.3 Å². The predicted molar refractivity (Wildman–Crippen MR) is 107 cm³/mol. The van der Waals surface area contributed by atoms with Crippen LogP contribution in [0.3, 0.4) is 0 Å². The molecule has 3 N–H and O–H groups in total. The molecule has 0 saturated heterocycles. The fraction of sp³-hybridized carbons (Fsp3) is 0.429. The Balaban J connectivity index is 1.42. The minimum atomic E-state index is -0.647. The van der Waals surface area contributed by atoms with Crippen LogP contribution in [-0.2, 0) is 0 Å². The van der Waals surface area contributed by atoms with Crippen molar-refractivity contribution in [3.63, 3.8) is 0 Å². The minimum absolute atomic E-state index is 0.0640. The number of nitrogens with zero attached hydrogens (tertiary/aromatic N) is 3. The average Bonchev–Trinajstić information content (AvgIpc) is 3.17. The maximum atomic E-state index is 12.6. The second-order valence-electron chi connectivity index (χ2n) is 8.10.